The predicted molar refractivity (Wildman–Crippen MR) is 97.5 cm³/mol. The Morgan fingerprint density at radius 1 is 1.25 bits per heavy atom. The van der Waals surface area contributed by atoms with Crippen LogP contribution in [0.5, 0.6) is 0 Å². The van der Waals surface area contributed by atoms with E-state index in [4.69, 9.17) is 0 Å². The normalized spacial score (nSPS) is 16.3. The molecule has 0 N–H and O–H groups in total. The lowest BCUT2D eigenvalue weighted by atomic mass is 9.96. The largest absolute Gasteiger partial charge is 0.341 e. The van der Waals surface area contributed by atoms with Gasteiger partial charge in [0.1, 0.15) is 0 Å². The Bertz CT molecular complexity index is 969. The Balaban J connectivity index is 1.61. The van der Waals surface area contributed by atoms with Crippen LogP contribution in [-0.4, -0.2) is 53.4 Å². The van der Waals surface area contributed by atoms with Gasteiger partial charge in [0.25, 0.3) is 0 Å². The molecule has 1 aliphatic heterocycles. The van der Waals surface area contributed by atoms with Gasteiger partial charge in [0.2, 0.25) is 15.9 Å². The van der Waals surface area contributed by atoms with Crippen LogP contribution in [0, 0.1) is 17.6 Å². The number of aromatic nitrogens is 2. The van der Waals surface area contributed by atoms with Crippen LogP contribution in [0.1, 0.15) is 18.4 Å². The quantitative estimate of drug-likeness (QED) is 0.750. The number of sulfonamides is 1. The third kappa shape index (κ3) is 4.22. The number of rotatable bonds is 5. The minimum Gasteiger partial charge on any atom is -0.341 e. The summed E-state index contributed by atoms with van der Waals surface area (Å²) in [6.45, 7) is 0.733. The van der Waals surface area contributed by atoms with E-state index in [9.17, 15) is 22.0 Å². The molecule has 0 unspecified atom stereocenters. The molecule has 0 radical (unpaired) electrons. The van der Waals surface area contributed by atoms with Gasteiger partial charge in [-0.2, -0.15) is 9.40 Å². The summed E-state index contributed by atoms with van der Waals surface area (Å²) in [6.07, 6.45) is 4.28. The molecule has 10 heteroatoms. The average molecular weight is 412 g/mol. The number of nitrogens with zero attached hydrogens (tertiary/aromatic N) is 4. The summed E-state index contributed by atoms with van der Waals surface area (Å²) in [6, 6.07) is 2.53. The lowest BCUT2D eigenvalue weighted by Gasteiger charge is -2.32. The van der Waals surface area contributed by atoms with Crippen molar-refractivity contribution in [1.29, 1.82) is 0 Å². The Hall–Kier alpha value is -2.33. The van der Waals surface area contributed by atoms with Crippen molar-refractivity contribution in [3.8, 4) is 0 Å². The van der Waals surface area contributed by atoms with E-state index in [-0.39, 0.29) is 29.8 Å². The van der Waals surface area contributed by atoms with Crippen LogP contribution < -0.4 is 0 Å². The third-order valence-corrected chi connectivity index (χ3v) is 6.78. The van der Waals surface area contributed by atoms with Gasteiger partial charge in [-0.1, -0.05) is 0 Å². The van der Waals surface area contributed by atoms with Gasteiger partial charge < -0.3 is 4.90 Å². The fourth-order valence-electron chi connectivity index (χ4n) is 3.35. The van der Waals surface area contributed by atoms with Crippen LogP contribution in [0.25, 0.3) is 0 Å². The van der Waals surface area contributed by atoms with Crippen LogP contribution in [-0.2, 0) is 28.4 Å². The number of benzene rings is 1. The summed E-state index contributed by atoms with van der Waals surface area (Å²) in [4.78, 5) is 14.0. The van der Waals surface area contributed by atoms with E-state index in [2.05, 4.69) is 5.10 Å². The molecule has 1 aliphatic rings. The van der Waals surface area contributed by atoms with E-state index in [1.165, 1.54) is 4.31 Å². The summed E-state index contributed by atoms with van der Waals surface area (Å²) in [5.41, 5.74) is 0.914. The van der Waals surface area contributed by atoms with E-state index >= 15 is 0 Å². The molecule has 1 aromatic heterocycles. The molecule has 2 aromatic rings. The van der Waals surface area contributed by atoms with Crippen LogP contribution in [0.2, 0.25) is 0 Å². The molecule has 1 saturated heterocycles. The van der Waals surface area contributed by atoms with Crippen molar-refractivity contribution in [2.75, 3.05) is 20.1 Å². The molecular formula is C18H22F2N4O3S. The monoisotopic (exact) mass is 412 g/mol. The van der Waals surface area contributed by atoms with Crippen molar-refractivity contribution in [1.82, 2.24) is 19.0 Å². The molecule has 7 nitrogen and oxygen atoms in total. The van der Waals surface area contributed by atoms with Gasteiger partial charge in [-0.3, -0.25) is 9.48 Å². The van der Waals surface area contributed by atoms with E-state index in [0.717, 1.165) is 17.7 Å². The molecule has 0 saturated carbocycles. The molecular weight excluding hydrogens is 390 g/mol. The molecule has 2 heterocycles. The van der Waals surface area contributed by atoms with Gasteiger partial charge in [-0.05, 0) is 31.0 Å². The van der Waals surface area contributed by atoms with E-state index < -0.39 is 21.7 Å². The van der Waals surface area contributed by atoms with Crippen molar-refractivity contribution < 1.29 is 22.0 Å². The number of piperidine rings is 1. The maximum Gasteiger partial charge on any atom is 0.243 e. The van der Waals surface area contributed by atoms with Crippen molar-refractivity contribution in [3.63, 3.8) is 0 Å². The topological polar surface area (TPSA) is 75.5 Å². The molecule has 0 atom stereocenters. The van der Waals surface area contributed by atoms with Crippen LogP contribution >= 0.6 is 0 Å². The zero-order chi connectivity index (χ0) is 20.5. The molecule has 3 rings (SSSR count). The lowest BCUT2D eigenvalue weighted by Crippen LogP contribution is -2.43. The minimum atomic E-state index is -3.93. The Morgan fingerprint density at radius 2 is 1.93 bits per heavy atom. The first-order valence-electron chi connectivity index (χ1n) is 8.86. The molecule has 1 fully saturated rings. The molecule has 0 bridgehead atoms. The lowest BCUT2D eigenvalue weighted by molar-refractivity contribution is -0.135. The zero-order valence-electron chi connectivity index (χ0n) is 15.7. The highest BCUT2D eigenvalue weighted by molar-refractivity contribution is 7.89. The van der Waals surface area contributed by atoms with Gasteiger partial charge in [0.05, 0.1) is 11.1 Å². The van der Waals surface area contributed by atoms with E-state index in [1.54, 1.807) is 29.9 Å². The molecule has 0 aliphatic carbocycles. The van der Waals surface area contributed by atoms with Gasteiger partial charge in [0.15, 0.2) is 11.6 Å². The van der Waals surface area contributed by atoms with Crippen LogP contribution in [0.4, 0.5) is 8.78 Å². The summed E-state index contributed by atoms with van der Waals surface area (Å²) >= 11 is 0. The fraction of sp³-hybridized carbons (Fsp3) is 0.444. The molecule has 28 heavy (non-hydrogen) atoms. The summed E-state index contributed by atoms with van der Waals surface area (Å²) in [7, 11) is -0.418. The van der Waals surface area contributed by atoms with Crippen molar-refractivity contribution in [2.45, 2.75) is 24.3 Å². The Labute approximate surface area is 162 Å². The zero-order valence-corrected chi connectivity index (χ0v) is 16.5. The maximum absolute atomic E-state index is 13.4. The fourth-order valence-corrected chi connectivity index (χ4v) is 4.83. The first-order chi connectivity index (χ1) is 13.2. The highest BCUT2D eigenvalue weighted by Gasteiger charge is 2.33. The summed E-state index contributed by atoms with van der Waals surface area (Å²) in [5, 5.41) is 4.07. The standard InChI is InChI=1S/C18H22F2N4O3S/c1-22(11-13-10-21-23(2)12-13)18(25)14-5-7-24(8-6-14)28(26,27)15-3-4-16(19)17(20)9-15/h3-4,9-10,12,14H,5-8,11H2,1-2H3. The maximum atomic E-state index is 13.4. The van der Waals surface area contributed by atoms with Crippen molar-refractivity contribution >= 4 is 15.9 Å². The predicted octanol–water partition coefficient (Wildman–Crippen LogP) is 1.76. The van der Waals surface area contributed by atoms with E-state index in [0.29, 0.717) is 25.5 Å². The van der Waals surface area contributed by atoms with Crippen molar-refractivity contribution in [3.05, 3.63) is 47.8 Å². The van der Waals surface area contributed by atoms with Gasteiger partial charge in [0, 0.05) is 51.4 Å². The Morgan fingerprint density at radius 3 is 2.50 bits per heavy atom. The second-order valence-corrected chi connectivity index (χ2v) is 8.91. The number of hydrogen-bond acceptors (Lipinski definition) is 4. The van der Waals surface area contributed by atoms with Gasteiger partial charge in [-0.25, -0.2) is 17.2 Å². The number of amides is 1. The van der Waals surface area contributed by atoms with Crippen molar-refractivity contribution in [2.24, 2.45) is 13.0 Å². The number of carbonyl (C=O) groups is 1. The smallest absolute Gasteiger partial charge is 0.243 e. The van der Waals surface area contributed by atoms with E-state index in [1.807, 2.05) is 6.20 Å². The third-order valence-electron chi connectivity index (χ3n) is 4.89. The molecule has 1 aromatic carbocycles. The molecule has 1 amide bonds. The SMILES string of the molecule is CN(Cc1cnn(C)c1)C(=O)C1CCN(S(=O)(=O)c2ccc(F)c(F)c2)CC1. The number of hydrogen-bond donors (Lipinski definition) is 0. The molecule has 0 spiro atoms. The number of aryl methyl sites for hydroxylation is 1. The second-order valence-electron chi connectivity index (χ2n) is 6.97. The van der Waals surface area contributed by atoms with Crippen LogP contribution in [0.3, 0.4) is 0 Å². The number of halogens is 2. The highest BCUT2D eigenvalue weighted by Crippen LogP contribution is 2.26. The minimum absolute atomic E-state index is 0.0475. The Kier molecular flexibility index (Phi) is 5.80. The highest BCUT2D eigenvalue weighted by atomic mass is 32.2. The first-order valence-corrected chi connectivity index (χ1v) is 10.3. The second kappa shape index (κ2) is 7.96. The summed E-state index contributed by atoms with van der Waals surface area (Å²) in [5.74, 6) is -2.63. The van der Waals surface area contributed by atoms with Gasteiger partial charge >= 0.3 is 0 Å². The summed E-state index contributed by atoms with van der Waals surface area (Å²) < 4.78 is 54.6. The number of carbonyl (C=O) groups excluding carboxylic acids is 1. The first kappa shape index (κ1) is 20.4. The average Bonchev–Trinajstić information content (AvgIpc) is 3.08. The molecule has 152 valence electrons. The van der Waals surface area contributed by atoms with Gasteiger partial charge in [-0.15, -0.1) is 0 Å². The van der Waals surface area contributed by atoms with Crippen LogP contribution in [0.15, 0.2) is 35.5 Å².